The maximum atomic E-state index is 10.8. The first-order chi connectivity index (χ1) is 6.72. The summed E-state index contributed by atoms with van der Waals surface area (Å²) < 4.78 is 0. The third-order valence-corrected chi connectivity index (χ3v) is 3.84. The van der Waals surface area contributed by atoms with E-state index in [4.69, 9.17) is 5.11 Å². The van der Waals surface area contributed by atoms with Gasteiger partial charge in [-0.05, 0) is 31.0 Å². The summed E-state index contributed by atoms with van der Waals surface area (Å²) in [6.07, 6.45) is 1.97. The van der Waals surface area contributed by atoms with Crippen molar-refractivity contribution in [3.63, 3.8) is 0 Å². The lowest BCUT2D eigenvalue weighted by atomic mass is 10.0. The van der Waals surface area contributed by atoms with Crippen LogP contribution in [0.2, 0.25) is 0 Å². The van der Waals surface area contributed by atoms with Crippen molar-refractivity contribution in [2.24, 2.45) is 0 Å². The summed E-state index contributed by atoms with van der Waals surface area (Å²) in [5.41, 5.74) is 1.22. The van der Waals surface area contributed by atoms with Gasteiger partial charge in [0.15, 0.2) is 0 Å². The summed E-state index contributed by atoms with van der Waals surface area (Å²) in [6.45, 7) is 3.08. The van der Waals surface area contributed by atoms with E-state index in [-0.39, 0.29) is 0 Å². The van der Waals surface area contributed by atoms with Crippen molar-refractivity contribution in [2.45, 2.75) is 25.8 Å². The second-order valence-electron chi connectivity index (χ2n) is 3.47. The molecule has 0 bridgehead atoms. The molecule has 0 fully saturated rings. The molecule has 2 heterocycles. The van der Waals surface area contributed by atoms with Gasteiger partial charge in [0.05, 0.1) is 0 Å². The molecule has 2 rings (SSSR count). The highest BCUT2D eigenvalue weighted by molar-refractivity contribution is 7.14. The van der Waals surface area contributed by atoms with Crippen LogP contribution in [0.1, 0.15) is 39.5 Å². The lowest BCUT2D eigenvalue weighted by Gasteiger charge is -2.22. The van der Waals surface area contributed by atoms with Gasteiger partial charge in [-0.15, -0.1) is 11.3 Å². The van der Waals surface area contributed by atoms with Crippen molar-refractivity contribution in [3.05, 3.63) is 21.4 Å². The van der Waals surface area contributed by atoms with Crippen molar-refractivity contribution in [2.75, 3.05) is 6.54 Å². The predicted molar refractivity (Wildman–Crippen MR) is 56.0 cm³/mol. The Morgan fingerprint density at radius 3 is 3.21 bits per heavy atom. The van der Waals surface area contributed by atoms with Crippen LogP contribution in [0.25, 0.3) is 0 Å². The summed E-state index contributed by atoms with van der Waals surface area (Å²) in [6, 6.07) is 2.18. The highest BCUT2D eigenvalue weighted by Gasteiger charge is 2.22. The molecule has 1 atom stereocenters. The first-order valence-electron chi connectivity index (χ1n) is 4.81. The number of carboxylic acid groups (broad SMARTS) is 1. The zero-order valence-electron chi connectivity index (χ0n) is 8.04. The molecule has 76 valence electrons. The number of hydrogen-bond donors (Lipinski definition) is 2. The van der Waals surface area contributed by atoms with Crippen molar-refractivity contribution in [3.8, 4) is 0 Å². The van der Waals surface area contributed by atoms with Gasteiger partial charge in [0.1, 0.15) is 4.88 Å². The summed E-state index contributed by atoms with van der Waals surface area (Å²) in [7, 11) is 0. The molecule has 3 nitrogen and oxygen atoms in total. The predicted octanol–water partition coefficient (Wildman–Crippen LogP) is 2.04. The number of thiophene rings is 1. The fraction of sp³-hybridized carbons (Fsp3) is 0.500. The summed E-state index contributed by atoms with van der Waals surface area (Å²) in [5, 5.41) is 12.3. The molecule has 1 unspecified atom stereocenters. The number of fused-ring (bicyclic) bond motifs is 1. The molecule has 14 heavy (non-hydrogen) atoms. The Morgan fingerprint density at radius 1 is 1.79 bits per heavy atom. The molecule has 0 saturated carbocycles. The fourth-order valence-corrected chi connectivity index (χ4v) is 3.05. The van der Waals surface area contributed by atoms with Gasteiger partial charge < -0.3 is 10.4 Å². The second-order valence-corrected chi connectivity index (χ2v) is 4.55. The smallest absolute Gasteiger partial charge is 0.345 e. The second kappa shape index (κ2) is 3.71. The highest BCUT2D eigenvalue weighted by Crippen LogP contribution is 2.33. The molecule has 1 aromatic rings. The van der Waals surface area contributed by atoms with Crippen molar-refractivity contribution in [1.82, 2.24) is 5.32 Å². The minimum Gasteiger partial charge on any atom is -0.477 e. The monoisotopic (exact) mass is 211 g/mol. The number of aromatic carboxylic acids is 1. The van der Waals surface area contributed by atoms with E-state index in [9.17, 15) is 4.79 Å². The molecule has 0 amide bonds. The lowest BCUT2D eigenvalue weighted by molar-refractivity contribution is 0.0702. The first-order valence-corrected chi connectivity index (χ1v) is 5.63. The van der Waals surface area contributed by atoms with Gasteiger partial charge >= 0.3 is 5.97 Å². The quantitative estimate of drug-likeness (QED) is 0.787. The molecule has 1 aliphatic heterocycles. The molecule has 4 heteroatoms. The van der Waals surface area contributed by atoms with Crippen LogP contribution < -0.4 is 5.32 Å². The zero-order valence-corrected chi connectivity index (χ0v) is 8.86. The highest BCUT2D eigenvalue weighted by atomic mass is 32.1. The van der Waals surface area contributed by atoms with E-state index in [0.717, 1.165) is 19.4 Å². The number of carbonyl (C=O) groups is 1. The van der Waals surface area contributed by atoms with E-state index in [1.165, 1.54) is 21.8 Å². The molecule has 0 radical (unpaired) electrons. The van der Waals surface area contributed by atoms with E-state index in [0.29, 0.717) is 10.9 Å². The van der Waals surface area contributed by atoms with Crippen LogP contribution in [0.5, 0.6) is 0 Å². The Kier molecular flexibility index (Phi) is 2.56. The summed E-state index contributed by atoms with van der Waals surface area (Å²) in [5.74, 6) is -0.806. The minimum absolute atomic E-state index is 0.358. The number of rotatable bonds is 2. The molecule has 1 aromatic heterocycles. The van der Waals surface area contributed by atoms with Crippen molar-refractivity contribution < 1.29 is 9.90 Å². The first kappa shape index (κ1) is 9.68. The standard InChI is InChI=1S/C10H13NO2S/c1-2-7-9-6(3-4-11-7)5-8(14-9)10(12)13/h5,7,11H,2-4H2,1H3,(H,12,13). The van der Waals surface area contributed by atoms with Gasteiger partial charge in [-0.2, -0.15) is 0 Å². The van der Waals surface area contributed by atoms with Gasteiger partial charge in [-0.25, -0.2) is 4.79 Å². The molecule has 0 aliphatic carbocycles. The average molecular weight is 211 g/mol. The van der Waals surface area contributed by atoms with E-state index in [2.05, 4.69) is 12.2 Å². The topological polar surface area (TPSA) is 49.3 Å². The van der Waals surface area contributed by atoms with Gasteiger partial charge in [-0.3, -0.25) is 0 Å². The maximum absolute atomic E-state index is 10.8. The lowest BCUT2D eigenvalue weighted by Crippen LogP contribution is -2.27. The van der Waals surface area contributed by atoms with Crippen LogP contribution in [0.15, 0.2) is 6.07 Å². The number of carboxylic acids is 1. The SMILES string of the molecule is CCC1NCCc2cc(C(=O)O)sc21. The van der Waals surface area contributed by atoms with Crippen LogP contribution >= 0.6 is 11.3 Å². The third kappa shape index (κ3) is 1.55. The van der Waals surface area contributed by atoms with Crippen molar-refractivity contribution in [1.29, 1.82) is 0 Å². The van der Waals surface area contributed by atoms with Crippen LogP contribution in [0.3, 0.4) is 0 Å². The van der Waals surface area contributed by atoms with E-state index in [1.54, 1.807) is 0 Å². The number of nitrogens with one attached hydrogen (secondary N) is 1. The van der Waals surface area contributed by atoms with Gasteiger partial charge in [-0.1, -0.05) is 6.92 Å². The molecule has 0 saturated heterocycles. The van der Waals surface area contributed by atoms with E-state index in [1.807, 2.05) is 6.07 Å². The van der Waals surface area contributed by atoms with Crippen LogP contribution in [0.4, 0.5) is 0 Å². The largest absolute Gasteiger partial charge is 0.477 e. The Bertz CT molecular complexity index is 359. The van der Waals surface area contributed by atoms with Crippen LogP contribution in [0, 0.1) is 0 Å². The Labute approximate surface area is 86.8 Å². The molecule has 2 N–H and O–H groups in total. The van der Waals surface area contributed by atoms with Crippen molar-refractivity contribution >= 4 is 17.3 Å². The molecule has 0 spiro atoms. The Balaban J connectivity index is 2.38. The normalized spacial score (nSPS) is 20.5. The minimum atomic E-state index is -0.806. The van der Waals surface area contributed by atoms with Crippen LogP contribution in [-0.2, 0) is 6.42 Å². The van der Waals surface area contributed by atoms with E-state index < -0.39 is 5.97 Å². The average Bonchev–Trinajstić information content (AvgIpc) is 2.60. The fourth-order valence-electron chi connectivity index (χ4n) is 1.84. The Morgan fingerprint density at radius 2 is 2.57 bits per heavy atom. The number of hydrogen-bond acceptors (Lipinski definition) is 3. The molecular weight excluding hydrogens is 198 g/mol. The summed E-state index contributed by atoms with van der Waals surface area (Å²) >= 11 is 1.41. The summed E-state index contributed by atoms with van der Waals surface area (Å²) in [4.78, 5) is 12.5. The maximum Gasteiger partial charge on any atom is 0.345 e. The van der Waals surface area contributed by atoms with Crippen LogP contribution in [-0.4, -0.2) is 17.6 Å². The van der Waals surface area contributed by atoms with E-state index >= 15 is 0 Å². The third-order valence-electron chi connectivity index (χ3n) is 2.56. The Hall–Kier alpha value is -0.870. The molecule has 1 aliphatic rings. The zero-order chi connectivity index (χ0) is 10.1. The van der Waals surface area contributed by atoms with Gasteiger partial charge in [0.2, 0.25) is 0 Å². The van der Waals surface area contributed by atoms with Gasteiger partial charge in [0, 0.05) is 10.9 Å². The molecular formula is C10H13NO2S. The molecule has 0 aromatic carbocycles. The van der Waals surface area contributed by atoms with Gasteiger partial charge in [0.25, 0.3) is 0 Å².